The molecule has 3 heterocycles. The zero-order valence-electron chi connectivity index (χ0n) is 14.4. The van der Waals surface area contributed by atoms with E-state index in [-0.39, 0.29) is 30.3 Å². The lowest BCUT2D eigenvalue weighted by Crippen LogP contribution is -2.40. The average Bonchev–Trinajstić information content (AvgIpc) is 3.09. The van der Waals surface area contributed by atoms with E-state index in [4.69, 9.17) is 9.47 Å². The van der Waals surface area contributed by atoms with Crippen LogP contribution in [0.15, 0.2) is 30.6 Å². The van der Waals surface area contributed by atoms with E-state index in [0.29, 0.717) is 30.2 Å². The molecule has 1 fully saturated rings. The second kappa shape index (κ2) is 7.23. The maximum absolute atomic E-state index is 13.8. The molecule has 0 atom stereocenters. The van der Waals surface area contributed by atoms with Crippen molar-refractivity contribution >= 4 is 5.82 Å². The lowest BCUT2D eigenvalue weighted by Gasteiger charge is -2.27. The van der Waals surface area contributed by atoms with Crippen molar-refractivity contribution in [3.05, 3.63) is 53.5 Å². The average molecular weight is 374 g/mol. The van der Waals surface area contributed by atoms with Crippen molar-refractivity contribution in [1.82, 2.24) is 25.0 Å². The molecule has 0 saturated carbocycles. The number of rotatable bonds is 6. The molecule has 1 saturated heterocycles. The van der Waals surface area contributed by atoms with Gasteiger partial charge in [0, 0.05) is 0 Å². The highest BCUT2D eigenvalue weighted by molar-refractivity contribution is 5.38. The summed E-state index contributed by atoms with van der Waals surface area (Å²) in [5.74, 6) is -0.778. The number of anilines is 1. The highest BCUT2D eigenvalue weighted by Gasteiger charge is 2.20. The molecule has 0 bridgehead atoms. The Balaban J connectivity index is 1.42. The molecule has 1 aliphatic rings. The Kier molecular flexibility index (Phi) is 4.63. The van der Waals surface area contributed by atoms with Crippen LogP contribution in [0.25, 0.3) is 5.69 Å². The Morgan fingerprint density at radius 3 is 2.89 bits per heavy atom. The van der Waals surface area contributed by atoms with Gasteiger partial charge in [0.25, 0.3) is 0 Å². The molecule has 0 radical (unpaired) electrons. The molecule has 1 N–H and O–H groups in total. The van der Waals surface area contributed by atoms with Crippen LogP contribution in [0.1, 0.15) is 11.3 Å². The highest BCUT2D eigenvalue weighted by Crippen LogP contribution is 2.17. The molecule has 2 aromatic heterocycles. The summed E-state index contributed by atoms with van der Waals surface area (Å²) in [6.07, 6.45) is 2.70. The van der Waals surface area contributed by atoms with Gasteiger partial charge < -0.3 is 14.8 Å². The Morgan fingerprint density at radius 2 is 2.15 bits per heavy atom. The summed E-state index contributed by atoms with van der Waals surface area (Å²) < 4.78 is 39.2. The molecule has 27 heavy (non-hydrogen) atoms. The number of ether oxygens (including phenoxy) is 2. The number of nitrogens with one attached hydrogen (secondary N) is 1. The summed E-state index contributed by atoms with van der Waals surface area (Å²) in [6, 6.07) is 4.69. The fraction of sp³-hybridized carbons (Fsp3) is 0.294. The summed E-state index contributed by atoms with van der Waals surface area (Å²) in [5, 5.41) is 10.9. The Labute approximate surface area is 153 Å². The van der Waals surface area contributed by atoms with Gasteiger partial charge >= 0.3 is 6.01 Å². The molecule has 0 unspecified atom stereocenters. The lowest BCUT2D eigenvalue weighted by atomic mass is 10.2. The summed E-state index contributed by atoms with van der Waals surface area (Å²) >= 11 is 0. The number of hydrogen-bond acceptors (Lipinski definition) is 7. The van der Waals surface area contributed by atoms with Crippen molar-refractivity contribution in [2.75, 3.05) is 18.5 Å². The molecule has 3 aromatic rings. The van der Waals surface area contributed by atoms with Crippen LogP contribution in [0.5, 0.6) is 6.01 Å². The quantitative estimate of drug-likeness (QED) is 0.706. The summed E-state index contributed by atoms with van der Waals surface area (Å²) in [7, 11) is 0. The molecule has 4 rings (SSSR count). The maximum Gasteiger partial charge on any atom is 0.318 e. The van der Waals surface area contributed by atoms with Crippen LogP contribution >= 0.6 is 0 Å². The van der Waals surface area contributed by atoms with Gasteiger partial charge in [-0.2, -0.15) is 4.98 Å². The number of hydrogen-bond donors (Lipinski definition) is 1. The first-order chi connectivity index (χ1) is 13.1. The molecule has 8 nitrogen and oxygen atoms in total. The van der Waals surface area contributed by atoms with Crippen LogP contribution in [0.2, 0.25) is 0 Å². The third-order valence-electron chi connectivity index (χ3n) is 4.00. The van der Waals surface area contributed by atoms with E-state index in [2.05, 4.69) is 25.6 Å². The largest absolute Gasteiger partial charge is 0.457 e. The van der Waals surface area contributed by atoms with E-state index in [1.54, 1.807) is 25.3 Å². The van der Waals surface area contributed by atoms with E-state index in [0.717, 1.165) is 6.20 Å². The van der Waals surface area contributed by atoms with Crippen LogP contribution in [-0.4, -0.2) is 44.2 Å². The van der Waals surface area contributed by atoms with Gasteiger partial charge in [-0.1, -0.05) is 5.21 Å². The van der Waals surface area contributed by atoms with Crippen LogP contribution in [0.3, 0.4) is 0 Å². The zero-order valence-corrected chi connectivity index (χ0v) is 14.4. The minimum Gasteiger partial charge on any atom is -0.457 e. The number of halogens is 2. The normalized spacial score (nSPS) is 14.0. The first kappa shape index (κ1) is 17.3. The summed E-state index contributed by atoms with van der Waals surface area (Å²) in [5.41, 5.74) is 1.71. The van der Waals surface area contributed by atoms with Gasteiger partial charge in [-0.15, -0.1) is 5.10 Å². The first-order valence-electron chi connectivity index (χ1n) is 8.26. The molecule has 0 spiro atoms. The smallest absolute Gasteiger partial charge is 0.318 e. The third-order valence-corrected chi connectivity index (χ3v) is 4.00. The second-order valence-corrected chi connectivity index (χ2v) is 6.10. The molecule has 0 aliphatic carbocycles. The number of aromatic nitrogens is 5. The van der Waals surface area contributed by atoms with Crippen molar-refractivity contribution in [2.24, 2.45) is 0 Å². The van der Waals surface area contributed by atoms with Crippen molar-refractivity contribution in [1.29, 1.82) is 0 Å². The monoisotopic (exact) mass is 374 g/mol. The van der Waals surface area contributed by atoms with E-state index in [1.165, 1.54) is 10.7 Å². The topological polar surface area (TPSA) is 87.0 Å². The van der Waals surface area contributed by atoms with Gasteiger partial charge in [-0.3, -0.25) is 0 Å². The number of nitrogens with zero attached hydrogens (tertiary/aromatic N) is 5. The fourth-order valence-electron chi connectivity index (χ4n) is 2.43. The Bertz CT molecular complexity index is 960. The van der Waals surface area contributed by atoms with Crippen LogP contribution < -0.4 is 10.1 Å². The van der Waals surface area contributed by atoms with E-state index < -0.39 is 5.82 Å². The predicted octanol–water partition coefficient (Wildman–Crippen LogP) is 2.03. The van der Waals surface area contributed by atoms with Gasteiger partial charge in [0.2, 0.25) is 0 Å². The Morgan fingerprint density at radius 1 is 1.30 bits per heavy atom. The van der Waals surface area contributed by atoms with Crippen molar-refractivity contribution < 1.29 is 18.3 Å². The standard InChI is InChI=1S/C17H16F2N6O2/c1-10-4-13(2-3-14(10)18)25-6-11(23-24-25)9-27-17-20-5-15(19)16(22-17)21-12-7-26-8-12/h2-6,12H,7-9H2,1H3,(H,20,21,22). The van der Waals surface area contributed by atoms with Crippen molar-refractivity contribution in [2.45, 2.75) is 19.6 Å². The third kappa shape index (κ3) is 3.85. The van der Waals surface area contributed by atoms with Crippen LogP contribution in [0.4, 0.5) is 14.6 Å². The number of benzene rings is 1. The van der Waals surface area contributed by atoms with E-state index >= 15 is 0 Å². The summed E-state index contributed by atoms with van der Waals surface area (Å²) in [4.78, 5) is 7.84. The summed E-state index contributed by atoms with van der Waals surface area (Å²) in [6.45, 7) is 2.74. The molecule has 140 valence electrons. The fourth-order valence-corrected chi connectivity index (χ4v) is 2.43. The molecule has 1 aliphatic heterocycles. The van der Waals surface area contributed by atoms with E-state index in [1.807, 2.05) is 0 Å². The minimum atomic E-state index is -0.563. The SMILES string of the molecule is Cc1cc(-n2cc(COc3ncc(F)c(NC4COC4)n3)nn2)ccc1F. The maximum atomic E-state index is 13.8. The highest BCUT2D eigenvalue weighted by atomic mass is 19.1. The van der Waals surface area contributed by atoms with E-state index in [9.17, 15) is 8.78 Å². The van der Waals surface area contributed by atoms with Gasteiger partial charge in [-0.25, -0.2) is 18.4 Å². The minimum absolute atomic E-state index is 0.0197. The van der Waals surface area contributed by atoms with Gasteiger partial charge in [0.1, 0.15) is 18.1 Å². The van der Waals surface area contributed by atoms with Gasteiger partial charge in [0.15, 0.2) is 11.6 Å². The lowest BCUT2D eigenvalue weighted by molar-refractivity contribution is 0.0208. The van der Waals surface area contributed by atoms with Crippen molar-refractivity contribution in [3.8, 4) is 11.7 Å². The number of aryl methyl sites for hydroxylation is 1. The van der Waals surface area contributed by atoms with Gasteiger partial charge in [-0.05, 0) is 30.7 Å². The zero-order chi connectivity index (χ0) is 18.8. The molecule has 1 aromatic carbocycles. The molecule has 10 heteroatoms. The predicted molar refractivity (Wildman–Crippen MR) is 90.6 cm³/mol. The first-order valence-corrected chi connectivity index (χ1v) is 8.26. The van der Waals surface area contributed by atoms with Crippen LogP contribution in [0, 0.1) is 18.6 Å². The molecule has 0 amide bonds. The van der Waals surface area contributed by atoms with Gasteiger partial charge in [0.05, 0.1) is 37.3 Å². The van der Waals surface area contributed by atoms with Crippen molar-refractivity contribution in [3.63, 3.8) is 0 Å². The molecular formula is C17H16F2N6O2. The molecular weight excluding hydrogens is 358 g/mol. The van der Waals surface area contributed by atoms with Crippen LogP contribution in [-0.2, 0) is 11.3 Å². The Hall–Kier alpha value is -3.14. The second-order valence-electron chi connectivity index (χ2n) is 6.10.